The Hall–Kier alpha value is -1.18. The summed E-state index contributed by atoms with van der Waals surface area (Å²) in [7, 11) is 0. The molecule has 3 rings (SSSR count). The summed E-state index contributed by atoms with van der Waals surface area (Å²) >= 11 is 0. The van der Waals surface area contributed by atoms with E-state index < -0.39 is 5.54 Å². The lowest BCUT2D eigenvalue weighted by Gasteiger charge is -2.59. The Morgan fingerprint density at radius 1 is 1.20 bits per heavy atom. The van der Waals surface area contributed by atoms with Crippen LogP contribution in [-0.2, 0) is 19.1 Å². The van der Waals surface area contributed by atoms with Crippen LogP contribution in [0, 0.1) is 5.41 Å². The van der Waals surface area contributed by atoms with Crippen molar-refractivity contribution in [3.8, 4) is 0 Å². The van der Waals surface area contributed by atoms with Crippen LogP contribution in [0.2, 0.25) is 0 Å². The summed E-state index contributed by atoms with van der Waals surface area (Å²) in [4.78, 5) is 29.1. The third kappa shape index (κ3) is 3.06. The van der Waals surface area contributed by atoms with Crippen molar-refractivity contribution in [2.75, 3.05) is 39.4 Å². The van der Waals surface area contributed by atoms with Gasteiger partial charge in [0.15, 0.2) is 0 Å². The normalized spacial score (nSPS) is 34.7. The Bertz CT molecular complexity index is 524. The van der Waals surface area contributed by atoms with Gasteiger partial charge in [-0.15, -0.1) is 0 Å². The van der Waals surface area contributed by atoms with Crippen LogP contribution < -0.4 is 5.73 Å². The van der Waals surface area contributed by atoms with E-state index in [1.54, 1.807) is 0 Å². The number of ether oxygens (including phenoxy) is 2. The summed E-state index contributed by atoms with van der Waals surface area (Å²) in [6.07, 6.45) is 2.04. The minimum atomic E-state index is -0.881. The Morgan fingerprint density at radius 2 is 1.84 bits per heavy atom. The number of hydrogen-bond acceptors (Lipinski definition) is 5. The van der Waals surface area contributed by atoms with Crippen molar-refractivity contribution in [3.05, 3.63) is 0 Å². The number of piperazine rings is 1. The largest absolute Gasteiger partial charge is 0.378 e. The predicted octanol–water partition coefficient (Wildman–Crippen LogP) is 0.369. The van der Waals surface area contributed by atoms with Crippen LogP contribution in [0.5, 0.6) is 0 Å². The van der Waals surface area contributed by atoms with E-state index in [1.807, 2.05) is 30.6 Å². The molecule has 0 aromatic carbocycles. The van der Waals surface area contributed by atoms with Gasteiger partial charge in [-0.2, -0.15) is 0 Å². The average Bonchev–Trinajstić information content (AvgIpc) is 3.15. The minimum Gasteiger partial charge on any atom is -0.378 e. The van der Waals surface area contributed by atoms with Crippen molar-refractivity contribution in [1.29, 1.82) is 0 Å². The second-order valence-corrected chi connectivity index (χ2v) is 7.96. The van der Waals surface area contributed by atoms with Gasteiger partial charge in [-0.25, -0.2) is 0 Å². The zero-order valence-corrected chi connectivity index (χ0v) is 15.6. The Morgan fingerprint density at radius 3 is 2.36 bits per heavy atom. The van der Waals surface area contributed by atoms with Gasteiger partial charge in [0.05, 0.1) is 6.10 Å². The average molecular weight is 353 g/mol. The quantitative estimate of drug-likeness (QED) is 0.789. The van der Waals surface area contributed by atoms with Gasteiger partial charge in [0, 0.05) is 51.2 Å². The van der Waals surface area contributed by atoms with E-state index in [9.17, 15) is 9.59 Å². The van der Waals surface area contributed by atoms with E-state index in [0.29, 0.717) is 45.8 Å². The van der Waals surface area contributed by atoms with Crippen LogP contribution in [-0.4, -0.2) is 78.8 Å². The van der Waals surface area contributed by atoms with Gasteiger partial charge in [-0.3, -0.25) is 9.59 Å². The number of carbonyl (C=O) groups excluding carboxylic acids is 2. The molecule has 25 heavy (non-hydrogen) atoms. The van der Waals surface area contributed by atoms with Crippen molar-refractivity contribution < 1.29 is 19.1 Å². The molecule has 142 valence electrons. The smallest absolute Gasteiger partial charge is 0.251 e. The molecule has 0 bridgehead atoms. The van der Waals surface area contributed by atoms with E-state index in [4.69, 9.17) is 15.2 Å². The molecule has 3 unspecified atom stereocenters. The lowest BCUT2D eigenvalue weighted by atomic mass is 9.54. The molecule has 3 atom stereocenters. The van der Waals surface area contributed by atoms with Crippen LogP contribution in [0.15, 0.2) is 0 Å². The maximum absolute atomic E-state index is 13.0. The van der Waals surface area contributed by atoms with Gasteiger partial charge < -0.3 is 25.0 Å². The summed E-state index contributed by atoms with van der Waals surface area (Å²) in [5.74, 6) is 0.0464. The van der Waals surface area contributed by atoms with Crippen LogP contribution in [0.4, 0.5) is 0 Å². The first-order chi connectivity index (χ1) is 11.8. The fraction of sp³-hybridized carbons (Fsp3) is 0.889. The van der Waals surface area contributed by atoms with Crippen LogP contribution in [0.3, 0.4) is 0 Å². The van der Waals surface area contributed by atoms with E-state index >= 15 is 0 Å². The molecule has 2 aliphatic heterocycles. The van der Waals surface area contributed by atoms with Gasteiger partial charge in [0.2, 0.25) is 5.91 Å². The molecule has 1 aliphatic carbocycles. The lowest BCUT2D eigenvalue weighted by molar-refractivity contribution is -0.181. The number of carbonyl (C=O) groups is 2. The molecule has 7 heteroatoms. The van der Waals surface area contributed by atoms with E-state index in [1.165, 1.54) is 0 Å². The van der Waals surface area contributed by atoms with Gasteiger partial charge in [-0.05, 0) is 19.8 Å². The van der Waals surface area contributed by atoms with Crippen LogP contribution >= 0.6 is 0 Å². The molecule has 2 saturated heterocycles. The van der Waals surface area contributed by atoms with E-state index in [0.717, 1.165) is 12.8 Å². The van der Waals surface area contributed by atoms with Crippen LogP contribution in [0.1, 0.15) is 40.0 Å². The van der Waals surface area contributed by atoms with Gasteiger partial charge >= 0.3 is 0 Å². The number of hydrogen-bond donors (Lipinski definition) is 1. The Kier molecular flexibility index (Phi) is 5.10. The fourth-order valence-electron chi connectivity index (χ4n) is 4.19. The highest BCUT2D eigenvalue weighted by atomic mass is 16.5. The molecular formula is C18H31N3O4. The molecular weight excluding hydrogens is 322 g/mol. The van der Waals surface area contributed by atoms with Gasteiger partial charge in [-0.1, -0.05) is 13.8 Å². The van der Waals surface area contributed by atoms with Crippen molar-refractivity contribution in [1.82, 2.24) is 9.80 Å². The molecule has 2 heterocycles. The first-order valence-corrected chi connectivity index (χ1v) is 9.41. The lowest BCUT2D eigenvalue weighted by Crippen LogP contribution is -2.76. The molecule has 0 radical (unpaired) electrons. The number of amides is 2. The molecule has 0 aromatic heterocycles. The first kappa shape index (κ1) is 18.6. The van der Waals surface area contributed by atoms with Crippen molar-refractivity contribution >= 4 is 11.8 Å². The summed E-state index contributed by atoms with van der Waals surface area (Å²) < 4.78 is 11.2. The molecule has 2 N–H and O–H groups in total. The maximum atomic E-state index is 13.0. The monoisotopic (exact) mass is 353 g/mol. The third-order valence-corrected chi connectivity index (χ3v) is 6.30. The van der Waals surface area contributed by atoms with Crippen LogP contribution in [0.25, 0.3) is 0 Å². The predicted molar refractivity (Wildman–Crippen MR) is 92.9 cm³/mol. The van der Waals surface area contributed by atoms with Crippen molar-refractivity contribution in [3.63, 3.8) is 0 Å². The highest BCUT2D eigenvalue weighted by Gasteiger charge is 2.63. The molecule has 0 spiro atoms. The summed E-state index contributed by atoms with van der Waals surface area (Å²) in [5, 5.41) is 0. The van der Waals surface area contributed by atoms with Gasteiger partial charge in [0.1, 0.15) is 11.6 Å². The van der Waals surface area contributed by atoms with Crippen molar-refractivity contribution in [2.24, 2.45) is 11.1 Å². The highest BCUT2D eigenvalue weighted by Crippen LogP contribution is 2.50. The zero-order chi connectivity index (χ0) is 18.2. The zero-order valence-electron chi connectivity index (χ0n) is 15.6. The maximum Gasteiger partial charge on any atom is 0.251 e. The number of rotatable bonds is 4. The number of nitrogens with zero attached hydrogens (tertiary/aromatic N) is 2. The molecule has 7 nitrogen and oxygen atoms in total. The number of nitrogens with two attached hydrogens (primary N) is 1. The first-order valence-electron chi connectivity index (χ1n) is 9.41. The summed E-state index contributed by atoms with van der Waals surface area (Å²) in [5.41, 5.74) is 5.23. The molecule has 3 aliphatic rings. The molecule has 1 saturated carbocycles. The second kappa shape index (κ2) is 6.85. The molecule has 3 fully saturated rings. The Balaban J connectivity index is 1.56. The van der Waals surface area contributed by atoms with E-state index in [-0.39, 0.29) is 29.4 Å². The summed E-state index contributed by atoms with van der Waals surface area (Å²) in [6, 6.07) is 0. The SMILES string of the molecule is CCOC1CC(N)(C(=O)N2CCN(C(=O)C3CCCO3)CC2)C1(C)C. The molecule has 2 amide bonds. The minimum absolute atomic E-state index is 0.0160. The van der Waals surface area contributed by atoms with E-state index in [2.05, 4.69) is 0 Å². The topological polar surface area (TPSA) is 85.1 Å². The fourth-order valence-corrected chi connectivity index (χ4v) is 4.19. The van der Waals surface area contributed by atoms with Crippen molar-refractivity contribution in [2.45, 2.75) is 57.8 Å². The second-order valence-electron chi connectivity index (χ2n) is 7.96. The van der Waals surface area contributed by atoms with Gasteiger partial charge in [0.25, 0.3) is 5.91 Å². The summed E-state index contributed by atoms with van der Waals surface area (Å²) in [6.45, 7) is 9.43. The standard InChI is InChI=1S/C18H31N3O4/c1-4-24-14-12-18(19,17(14,2)3)16(23)21-9-7-20(8-10-21)15(22)13-6-5-11-25-13/h13-14H,4-12,19H2,1-3H3. The highest BCUT2D eigenvalue weighted by molar-refractivity contribution is 5.89. The molecule has 0 aromatic rings. The third-order valence-electron chi connectivity index (χ3n) is 6.30. The Labute approximate surface area is 149 Å².